The molecule has 1 aliphatic heterocycles. The fraction of sp³-hybridized carbons (Fsp3) is 0.263. The number of aromatic nitrogens is 2. The molecule has 0 bridgehead atoms. The number of anilines is 1. The number of hydrogen-bond donors (Lipinski definition) is 1. The van der Waals surface area contributed by atoms with Gasteiger partial charge in [0.15, 0.2) is 5.82 Å². The van der Waals surface area contributed by atoms with Crippen molar-refractivity contribution in [2.24, 2.45) is 0 Å². The van der Waals surface area contributed by atoms with Crippen molar-refractivity contribution in [1.29, 1.82) is 0 Å². The predicted molar refractivity (Wildman–Crippen MR) is 101 cm³/mol. The van der Waals surface area contributed by atoms with E-state index in [2.05, 4.69) is 26.8 Å². The van der Waals surface area contributed by atoms with Gasteiger partial charge in [-0.2, -0.15) is 0 Å². The molecule has 2 aromatic carbocycles. The zero-order valence-corrected chi connectivity index (χ0v) is 15.0. The number of phenolic OH excluding ortho intramolecular Hbond substituents is 1. The minimum atomic E-state index is -0.492. The van der Waals surface area contributed by atoms with Crippen LogP contribution in [0.4, 0.5) is 10.2 Å². The molecule has 0 aliphatic carbocycles. The normalized spacial score (nSPS) is 15.6. The molecule has 134 valence electrons. The van der Waals surface area contributed by atoms with Crippen LogP contribution in [-0.4, -0.2) is 53.2 Å². The van der Waals surface area contributed by atoms with Gasteiger partial charge in [0.05, 0.1) is 16.1 Å². The van der Waals surface area contributed by atoms with Crippen LogP contribution in [0.3, 0.4) is 0 Å². The van der Waals surface area contributed by atoms with Crippen molar-refractivity contribution in [3.8, 4) is 17.1 Å². The highest BCUT2D eigenvalue weighted by Gasteiger charge is 2.21. The molecule has 1 saturated heterocycles. The van der Waals surface area contributed by atoms with E-state index in [9.17, 15) is 9.50 Å². The van der Waals surface area contributed by atoms with Crippen LogP contribution in [0, 0.1) is 5.82 Å². The van der Waals surface area contributed by atoms with Crippen molar-refractivity contribution in [2.75, 3.05) is 38.1 Å². The Balaban J connectivity index is 1.92. The van der Waals surface area contributed by atoms with Gasteiger partial charge in [-0.25, -0.2) is 14.4 Å². The Bertz CT molecular complexity index is 973. The van der Waals surface area contributed by atoms with Gasteiger partial charge in [-0.3, -0.25) is 0 Å². The average Bonchev–Trinajstić information content (AvgIpc) is 2.63. The fourth-order valence-electron chi connectivity index (χ4n) is 3.15. The molecular weight excluding hydrogens is 355 g/mol. The molecule has 0 atom stereocenters. The lowest BCUT2D eigenvalue weighted by Gasteiger charge is -2.34. The quantitative estimate of drug-likeness (QED) is 0.745. The van der Waals surface area contributed by atoms with Gasteiger partial charge in [0.1, 0.15) is 17.4 Å². The number of piperazine rings is 1. The summed E-state index contributed by atoms with van der Waals surface area (Å²) in [5.41, 5.74) is 1.09. The molecule has 2 heterocycles. The molecule has 5 nitrogen and oxygen atoms in total. The van der Waals surface area contributed by atoms with E-state index in [1.165, 1.54) is 12.1 Å². The summed E-state index contributed by atoms with van der Waals surface area (Å²) in [7, 11) is 2.07. The molecule has 4 rings (SSSR count). The fourth-order valence-corrected chi connectivity index (χ4v) is 3.31. The lowest BCUT2D eigenvalue weighted by Crippen LogP contribution is -2.45. The Labute approximate surface area is 155 Å². The summed E-state index contributed by atoms with van der Waals surface area (Å²) in [5.74, 6) is 0.668. The van der Waals surface area contributed by atoms with Crippen LogP contribution in [0.5, 0.6) is 5.75 Å². The van der Waals surface area contributed by atoms with Gasteiger partial charge < -0.3 is 14.9 Å². The summed E-state index contributed by atoms with van der Waals surface area (Å²) in [6.07, 6.45) is 0. The molecule has 1 N–H and O–H groups in total. The first-order valence-corrected chi connectivity index (χ1v) is 8.79. The SMILES string of the molecule is CN1CCN(c2nc(-c3ccccc3O)nc3cc(Cl)c(F)cc23)CC1. The van der Waals surface area contributed by atoms with Crippen molar-refractivity contribution in [2.45, 2.75) is 0 Å². The van der Waals surface area contributed by atoms with Crippen LogP contribution in [0.2, 0.25) is 5.02 Å². The van der Waals surface area contributed by atoms with Crippen molar-refractivity contribution in [1.82, 2.24) is 14.9 Å². The second kappa shape index (κ2) is 6.70. The molecule has 26 heavy (non-hydrogen) atoms. The van der Waals surface area contributed by atoms with Crippen LogP contribution in [-0.2, 0) is 0 Å². The molecule has 7 heteroatoms. The Morgan fingerprint density at radius 2 is 1.81 bits per heavy atom. The second-order valence-electron chi connectivity index (χ2n) is 6.46. The first-order valence-electron chi connectivity index (χ1n) is 8.41. The third-order valence-corrected chi connectivity index (χ3v) is 4.96. The number of aromatic hydroxyl groups is 1. The van der Waals surface area contributed by atoms with Crippen LogP contribution >= 0.6 is 11.6 Å². The van der Waals surface area contributed by atoms with E-state index in [1.807, 2.05) is 6.07 Å². The monoisotopic (exact) mass is 372 g/mol. The zero-order chi connectivity index (χ0) is 18.3. The predicted octanol–water partition coefficient (Wildman–Crippen LogP) is 3.55. The Morgan fingerprint density at radius 1 is 1.08 bits per heavy atom. The smallest absolute Gasteiger partial charge is 0.165 e. The topological polar surface area (TPSA) is 52.5 Å². The van der Waals surface area contributed by atoms with Gasteiger partial charge in [0, 0.05) is 31.6 Å². The highest BCUT2D eigenvalue weighted by atomic mass is 35.5. The van der Waals surface area contributed by atoms with Crippen LogP contribution in [0.1, 0.15) is 0 Å². The number of fused-ring (bicyclic) bond motifs is 1. The molecule has 0 radical (unpaired) electrons. The van der Waals surface area contributed by atoms with Crippen LogP contribution < -0.4 is 4.90 Å². The Kier molecular flexibility index (Phi) is 4.38. The van der Waals surface area contributed by atoms with E-state index in [0.29, 0.717) is 28.1 Å². The third kappa shape index (κ3) is 3.06. The number of para-hydroxylation sites is 1. The zero-order valence-electron chi connectivity index (χ0n) is 14.3. The van der Waals surface area contributed by atoms with Gasteiger partial charge in [0.2, 0.25) is 0 Å². The minimum absolute atomic E-state index is 0.0174. The van der Waals surface area contributed by atoms with E-state index in [-0.39, 0.29) is 10.8 Å². The van der Waals surface area contributed by atoms with Gasteiger partial charge in [-0.15, -0.1) is 0 Å². The summed E-state index contributed by atoms with van der Waals surface area (Å²) in [4.78, 5) is 13.6. The van der Waals surface area contributed by atoms with Crippen molar-refractivity contribution in [3.63, 3.8) is 0 Å². The van der Waals surface area contributed by atoms with E-state index in [1.54, 1.807) is 18.2 Å². The molecule has 0 amide bonds. The second-order valence-corrected chi connectivity index (χ2v) is 6.87. The number of hydrogen-bond acceptors (Lipinski definition) is 5. The molecule has 3 aromatic rings. The first kappa shape index (κ1) is 17.0. The number of likely N-dealkylation sites (N-methyl/N-ethyl adjacent to an activating group) is 1. The molecule has 1 aliphatic rings. The summed E-state index contributed by atoms with van der Waals surface area (Å²) in [6, 6.07) is 9.81. The van der Waals surface area contributed by atoms with Gasteiger partial charge >= 0.3 is 0 Å². The summed E-state index contributed by atoms with van der Waals surface area (Å²) < 4.78 is 14.1. The van der Waals surface area contributed by atoms with E-state index >= 15 is 0 Å². The average molecular weight is 373 g/mol. The van der Waals surface area contributed by atoms with Crippen molar-refractivity contribution in [3.05, 3.63) is 47.2 Å². The van der Waals surface area contributed by atoms with E-state index < -0.39 is 5.82 Å². The molecule has 1 fully saturated rings. The maximum absolute atomic E-state index is 14.1. The highest BCUT2D eigenvalue weighted by molar-refractivity contribution is 6.31. The number of benzene rings is 2. The summed E-state index contributed by atoms with van der Waals surface area (Å²) in [6.45, 7) is 3.36. The first-order chi connectivity index (χ1) is 12.5. The lowest BCUT2D eigenvalue weighted by molar-refractivity contribution is 0.312. The summed E-state index contributed by atoms with van der Waals surface area (Å²) >= 11 is 5.97. The number of nitrogens with zero attached hydrogens (tertiary/aromatic N) is 4. The van der Waals surface area contributed by atoms with Crippen LogP contribution in [0.25, 0.3) is 22.3 Å². The van der Waals surface area contributed by atoms with Gasteiger partial charge in [0.25, 0.3) is 0 Å². The maximum Gasteiger partial charge on any atom is 0.165 e. The lowest BCUT2D eigenvalue weighted by atomic mass is 10.1. The van der Waals surface area contributed by atoms with E-state index in [4.69, 9.17) is 11.6 Å². The van der Waals surface area contributed by atoms with Gasteiger partial charge in [-0.1, -0.05) is 23.7 Å². The minimum Gasteiger partial charge on any atom is -0.507 e. The third-order valence-electron chi connectivity index (χ3n) is 4.67. The van der Waals surface area contributed by atoms with Crippen molar-refractivity contribution >= 4 is 28.3 Å². The summed E-state index contributed by atoms with van der Waals surface area (Å²) in [5, 5.41) is 10.8. The molecular formula is C19H18ClFN4O. The molecule has 1 aromatic heterocycles. The Hall–Kier alpha value is -2.44. The number of rotatable bonds is 2. The molecule has 0 spiro atoms. The molecule has 0 saturated carbocycles. The Morgan fingerprint density at radius 3 is 2.54 bits per heavy atom. The maximum atomic E-state index is 14.1. The molecule has 0 unspecified atom stereocenters. The van der Waals surface area contributed by atoms with Gasteiger partial charge in [-0.05, 0) is 31.3 Å². The van der Waals surface area contributed by atoms with E-state index in [0.717, 1.165) is 26.2 Å². The number of halogens is 2. The number of phenols is 1. The highest BCUT2D eigenvalue weighted by Crippen LogP contribution is 2.33. The van der Waals surface area contributed by atoms with Crippen molar-refractivity contribution < 1.29 is 9.50 Å². The standard InChI is InChI=1S/C19H18ClFN4O/c1-24-6-8-25(9-7-24)19-13-10-15(21)14(20)11-16(13)22-18(23-19)12-4-2-3-5-17(12)26/h2-5,10-11,26H,6-9H2,1H3. The van der Waals surface area contributed by atoms with Crippen LogP contribution in [0.15, 0.2) is 36.4 Å². The largest absolute Gasteiger partial charge is 0.507 e.